The summed E-state index contributed by atoms with van der Waals surface area (Å²) in [7, 11) is -3.79. The predicted octanol–water partition coefficient (Wildman–Crippen LogP) is 3.33. The van der Waals surface area contributed by atoms with Crippen molar-refractivity contribution in [3.05, 3.63) is 59.9 Å². The number of rotatable bonds is 7. The average Bonchev–Trinajstić information content (AvgIpc) is 2.56. The smallest absolute Gasteiger partial charge is 0.261 e. The third kappa shape index (κ3) is 5.56. The topological polar surface area (TPSA) is 75.3 Å². The summed E-state index contributed by atoms with van der Waals surface area (Å²) < 4.78 is 39.9. The summed E-state index contributed by atoms with van der Waals surface area (Å²) in [5.41, 5.74) is 1.15. The molecular weight excluding hydrogens is 355 g/mol. The zero-order chi connectivity index (χ0) is 19.3. The second-order valence-electron chi connectivity index (χ2n) is 6.53. The minimum Gasteiger partial charge on any atom is -0.353 e. The van der Waals surface area contributed by atoms with Crippen molar-refractivity contribution in [2.75, 3.05) is 4.72 Å². The minimum absolute atomic E-state index is 0.0231. The maximum Gasteiger partial charge on any atom is 0.261 e. The van der Waals surface area contributed by atoms with E-state index >= 15 is 0 Å². The van der Waals surface area contributed by atoms with E-state index in [1.165, 1.54) is 12.1 Å². The van der Waals surface area contributed by atoms with Crippen LogP contribution in [0.1, 0.15) is 26.3 Å². The van der Waals surface area contributed by atoms with Crippen LogP contribution in [0, 0.1) is 11.7 Å². The van der Waals surface area contributed by atoms with Crippen molar-refractivity contribution in [2.24, 2.45) is 5.92 Å². The second-order valence-corrected chi connectivity index (χ2v) is 8.22. The molecule has 0 unspecified atom stereocenters. The molecule has 0 aliphatic rings. The number of carbonyl (C=O) groups excluding carboxylic acids is 1. The molecule has 1 amide bonds. The number of nitrogens with one attached hydrogen (secondary N) is 2. The fourth-order valence-corrected chi connectivity index (χ4v) is 3.23. The third-order valence-corrected chi connectivity index (χ3v) is 5.48. The van der Waals surface area contributed by atoms with Gasteiger partial charge in [0.25, 0.3) is 10.0 Å². The molecule has 26 heavy (non-hydrogen) atoms. The van der Waals surface area contributed by atoms with E-state index in [4.69, 9.17) is 0 Å². The van der Waals surface area contributed by atoms with Crippen molar-refractivity contribution in [3.8, 4) is 0 Å². The number of hydrogen-bond donors (Lipinski definition) is 2. The maximum atomic E-state index is 12.9. The number of sulfonamides is 1. The highest BCUT2D eigenvalue weighted by atomic mass is 32.2. The van der Waals surface area contributed by atoms with E-state index in [1.54, 1.807) is 24.3 Å². The van der Waals surface area contributed by atoms with E-state index in [0.29, 0.717) is 11.6 Å². The van der Waals surface area contributed by atoms with Gasteiger partial charge in [-0.25, -0.2) is 12.8 Å². The molecule has 0 bridgehead atoms. The Bertz CT molecular complexity index is 847. The summed E-state index contributed by atoms with van der Waals surface area (Å²) in [5, 5.41) is 2.93. The van der Waals surface area contributed by atoms with E-state index in [0.717, 1.165) is 17.7 Å². The molecule has 7 heteroatoms. The highest BCUT2D eigenvalue weighted by Crippen LogP contribution is 2.17. The van der Waals surface area contributed by atoms with Gasteiger partial charge in [-0.2, -0.15) is 0 Å². The molecule has 0 aromatic heterocycles. The van der Waals surface area contributed by atoms with Crippen LogP contribution in [-0.2, 0) is 21.2 Å². The van der Waals surface area contributed by atoms with Crippen LogP contribution in [0.4, 0.5) is 10.1 Å². The van der Waals surface area contributed by atoms with E-state index in [9.17, 15) is 17.6 Å². The van der Waals surface area contributed by atoms with E-state index in [1.807, 2.05) is 20.8 Å². The van der Waals surface area contributed by atoms with Gasteiger partial charge in [0.2, 0.25) is 5.91 Å². The van der Waals surface area contributed by atoms with Gasteiger partial charge in [0.05, 0.1) is 11.3 Å². The minimum atomic E-state index is -3.79. The maximum absolute atomic E-state index is 12.9. The van der Waals surface area contributed by atoms with Gasteiger partial charge in [0.15, 0.2) is 0 Å². The number of halogens is 1. The monoisotopic (exact) mass is 378 g/mol. The van der Waals surface area contributed by atoms with Gasteiger partial charge in [0, 0.05) is 11.7 Å². The second kappa shape index (κ2) is 8.31. The lowest BCUT2D eigenvalue weighted by atomic mass is 10.1. The number of carbonyl (C=O) groups is 1. The van der Waals surface area contributed by atoms with Crippen LogP contribution < -0.4 is 10.0 Å². The molecule has 2 aromatic rings. The standard InChI is InChI=1S/C19H23FN2O3S/c1-13(2)14(3)21-19(23)12-15-4-8-17(9-5-15)22-26(24,25)18-10-6-16(20)7-11-18/h4-11,13-14,22H,12H2,1-3H3,(H,21,23)/t14-/m0/s1. The van der Waals surface area contributed by atoms with Crippen LogP contribution >= 0.6 is 0 Å². The quantitative estimate of drug-likeness (QED) is 0.776. The summed E-state index contributed by atoms with van der Waals surface area (Å²) in [6.45, 7) is 6.02. The lowest BCUT2D eigenvalue weighted by Gasteiger charge is -2.17. The highest BCUT2D eigenvalue weighted by Gasteiger charge is 2.15. The van der Waals surface area contributed by atoms with E-state index in [2.05, 4.69) is 10.0 Å². The molecule has 0 spiro atoms. The number of benzene rings is 2. The predicted molar refractivity (Wildman–Crippen MR) is 99.8 cm³/mol. The van der Waals surface area contributed by atoms with Crippen molar-refractivity contribution < 1.29 is 17.6 Å². The third-order valence-electron chi connectivity index (χ3n) is 4.08. The van der Waals surface area contributed by atoms with Crippen molar-refractivity contribution in [1.82, 2.24) is 5.32 Å². The van der Waals surface area contributed by atoms with Crippen LogP contribution in [0.25, 0.3) is 0 Å². The molecule has 0 heterocycles. The molecule has 0 saturated carbocycles. The highest BCUT2D eigenvalue weighted by molar-refractivity contribution is 7.92. The van der Waals surface area contributed by atoms with Gasteiger partial charge in [-0.3, -0.25) is 9.52 Å². The summed E-state index contributed by atoms with van der Waals surface area (Å²) in [6, 6.07) is 11.3. The molecular formula is C19H23FN2O3S. The number of amides is 1. The Morgan fingerprint density at radius 1 is 1.00 bits per heavy atom. The number of hydrogen-bond acceptors (Lipinski definition) is 3. The molecule has 5 nitrogen and oxygen atoms in total. The summed E-state index contributed by atoms with van der Waals surface area (Å²) in [5.74, 6) is -0.230. The van der Waals surface area contributed by atoms with Crippen LogP contribution in [0.2, 0.25) is 0 Å². The molecule has 2 rings (SSSR count). The Morgan fingerprint density at radius 2 is 1.58 bits per heavy atom. The molecule has 0 fully saturated rings. The lowest BCUT2D eigenvalue weighted by Crippen LogP contribution is -2.37. The summed E-state index contributed by atoms with van der Waals surface area (Å²) in [4.78, 5) is 12.0. The Balaban J connectivity index is 2.01. The Labute approximate surface area is 153 Å². The van der Waals surface area contributed by atoms with Crippen molar-refractivity contribution >= 4 is 21.6 Å². The van der Waals surface area contributed by atoms with Crippen LogP contribution in [0.3, 0.4) is 0 Å². The van der Waals surface area contributed by atoms with Gasteiger partial charge >= 0.3 is 0 Å². The fourth-order valence-electron chi connectivity index (χ4n) is 2.18. The Morgan fingerprint density at radius 3 is 2.12 bits per heavy atom. The van der Waals surface area contributed by atoms with Crippen molar-refractivity contribution in [2.45, 2.75) is 38.1 Å². The Kier molecular flexibility index (Phi) is 6.37. The van der Waals surface area contributed by atoms with Crippen LogP contribution in [-0.4, -0.2) is 20.4 Å². The van der Waals surface area contributed by atoms with Gasteiger partial charge in [-0.1, -0.05) is 26.0 Å². The molecule has 0 aliphatic heterocycles. The molecule has 140 valence electrons. The first kappa shape index (κ1) is 19.9. The first-order valence-corrected chi connectivity index (χ1v) is 9.82. The lowest BCUT2D eigenvalue weighted by molar-refractivity contribution is -0.121. The molecule has 0 saturated heterocycles. The molecule has 1 atom stereocenters. The zero-order valence-corrected chi connectivity index (χ0v) is 15.8. The first-order chi connectivity index (χ1) is 12.2. The van der Waals surface area contributed by atoms with Crippen molar-refractivity contribution in [3.63, 3.8) is 0 Å². The van der Waals surface area contributed by atoms with Crippen LogP contribution in [0.15, 0.2) is 53.4 Å². The van der Waals surface area contributed by atoms with Gasteiger partial charge in [-0.05, 0) is 54.8 Å². The van der Waals surface area contributed by atoms with Gasteiger partial charge < -0.3 is 5.32 Å². The molecule has 0 aliphatic carbocycles. The SMILES string of the molecule is CC(C)[C@H](C)NC(=O)Cc1ccc(NS(=O)(=O)c2ccc(F)cc2)cc1. The van der Waals surface area contributed by atoms with Gasteiger partial charge in [0.1, 0.15) is 5.82 Å². The number of anilines is 1. The first-order valence-electron chi connectivity index (χ1n) is 8.34. The van der Waals surface area contributed by atoms with Gasteiger partial charge in [-0.15, -0.1) is 0 Å². The zero-order valence-electron chi connectivity index (χ0n) is 15.0. The summed E-state index contributed by atoms with van der Waals surface area (Å²) >= 11 is 0. The summed E-state index contributed by atoms with van der Waals surface area (Å²) in [6.07, 6.45) is 0.224. The molecule has 2 aromatic carbocycles. The fraction of sp³-hybridized carbons (Fsp3) is 0.316. The molecule has 0 radical (unpaired) electrons. The Hall–Kier alpha value is -2.41. The molecule has 2 N–H and O–H groups in total. The normalized spacial score (nSPS) is 12.7. The van der Waals surface area contributed by atoms with Crippen molar-refractivity contribution in [1.29, 1.82) is 0 Å². The van der Waals surface area contributed by atoms with E-state index < -0.39 is 15.8 Å². The average molecular weight is 378 g/mol. The largest absolute Gasteiger partial charge is 0.353 e. The van der Waals surface area contributed by atoms with E-state index in [-0.39, 0.29) is 23.3 Å². The van der Waals surface area contributed by atoms with Crippen LogP contribution in [0.5, 0.6) is 0 Å².